The quantitative estimate of drug-likeness (QED) is 0.737. The van der Waals surface area contributed by atoms with E-state index in [-0.39, 0.29) is 23.5 Å². The van der Waals surface area contributed by atoms with Gasteiger partial charge in [-0.2, -0.15) is 13.9 Å². The first kappa shape index (κ1) is 15.1. The van der Waals surface area contributed by atoms with Crippen LogP contribution in [0.4, 0.5) is 8.78 Å². The van der Waals surface area contributed by atoms with Crippen molar-refractivity contribution in [3.05, 3.63) is 42.0 Å². The molecule has 0 aliphatic rings. The van der Waals surface area contributed by atoms with Crippen molar-refractivity contribution in [3.8, 4) is 5.75 Å². The molecule has 0 fully saturated rings. The highest BCUT2D eigenvalue weighted by Gasteiger charge is 2.17. The van der Waals surface area contributed by atoms with Crippen molar-refractivity contribution in [3.63, 3.8) is 0 Å². The molecule has 1 aromatic heterocycles. The summed E-state index contributed by atoms with van der Waals surface area (Å²) in [7, 11) is 0. The maximum atomic E-state index is 12.3. The number of ketones is 1. The molecule has 1 heterocycles. The summed E-state index contributed by atoms with van der Waals surface area (Å²) in [5, 5.41) is 4.03. The molecule has 1 aromatic carbocycles. The topological polar surface area (TPSA) is 57.0 Å². The van der Waals surface area contributed by atoms with Crippen LogP contribution in [0, 0.1) is 0 Å². The summed E-state index contributed by atoms with van der Waals surface area (Å²) in [6.07, 6.45) is 2.22. The minimum absolute atomic E-state index is 0.0103. The van der Waals surface area contributed by atoms with E-state index in [9.17, 15) is 13.6 Å². The highest BCUT2D eigenvalue weighted by atomic mass is 19.3. The van der Waals surface area contributed by atoms with Crippen molar-refractivity contribution in [2.75, 3.05) is 0 Å². The van der Waals surface area contributed by atoms with Gasteiger partial charge in [-0.3, -0.25) is 4.79 Å². The maximum Gasteiger partial charge on any atom is 0.387 e. The molecule has 0 saturated carbocycles. The molecule has 0 bridgehead atoms. The average molecular weight is 295 g/mol. The molecule has 0 aliphatic carbocycles. The number of benzene rings is 1. The molecule has 0 radical (unpaired) electrons. The summed E-state index contributed by atoms with van der Waals surface area (Å²) in [4.78, 5) is 16.3. The average Bonchev–Trinajstić information content (AvgIpc) is 2.86. The van der Waals surface area contributed by atoms with E-state index in [1.807, 2.05) is 6.92 Å². The Balaban J connectivity index is 2.18. The molecule has 21 heavy (non-hydrogen) atoms. The fraction of sp³-hybridized carbons (Fsp3) is 0.357. The Morgan fingerprint density at radius 3 is 2.86 bits per heavy atom. The Morgan fingerprint density at radius 1 is 1.38 bits per heavy atom. The fourth-order valence-corrected chi connectivity index (χ4v) is 1.96. The number of halogens is 2. The lowest BCUT2D eigenvalue weighted by Gasteiger charge is -2.09. The van der Waals surface area contributed by atoms with Crippen LogP contribution in [0.15, 0.2) is 30.6 Å². The van der Waals surface area contributed by atoms with Gasteiger partial charge >= 0.3 is 6.61 Å². The number of aromatic nitrogens is 3. The second kappa shape index (κ2) is 6.92. The van der Waals surface area contributed by atoms with E-state index in [4.69, 9.17) is 0 Å². The number of carbonyl (C=O) groups excluding carboxylic acids is 1. The molecule has 112 valence electrons. The van der Waals surface area contributed by atoms with Gasteiger partial charge in [0.15, 0.2) is 5.78 Å². The van der Waals surface area contributed by atoms with Crippen molar-refractivity contribution in [1.29, 1.82) is 0 Å². The number of aryl methyl sites for hydroxylation is 1. The second-order valence-electron chi connectivity index (χ2n) is 4.37. The molecular formula is C14H15F2N3O2. The molecule has 0 atom stereocenters. The monoisotopic (exact) mass is 295 g/mol. The van der Waals surface area contributed by atoms with Gasteiger partial charge in [-0.05, 0) is 18.6 Å². The molecular weight excluding hydrogens is 280 g/mol. The van der Waals surface area contributed by atoms with Gasteiger partial charge in [-0.25, -0.2) is 9.67 Å². The van der Waals surface area contributed by atoms with Crippen LogP contribution in [0.1, 0.15) is 29.5 Å². The summed E-state index contributed by atoms with van der Waals surface area (Å²) in [5.74, 6) is 0.0457. The van der Waals surface area contributed by atoms with Gasteiger partial charge < -0.3 is 4.74 Å². The van der Waals surface area contributed by atoms with Crippen LogP contribution in [-0.2, 0) is 13.0 Å². The second-order valence-corrected chi connectivity index (χ2v) is 4.37. The number of Topliss-reactive ketones (excluding diaryl/α,β-unsaturated/α-hetero) is 1. The summed E-state index contributed by atoms with van der Waals surface area (Å²) in [6, 6.07) is 5.94. The Hall–Kier alpha value is -2.31. The van der Waals surface area contributed by atoms with E-state index < -0.39 is 6.61 Å². The lowest BCUT2D eigenvalue weighted by molar-refractivity contribution is -0.0501. The molecule has 0 saturated heterocycles. The van der Waals surface area contributed by atoms with Gasteiger partial charge in [0, 0.05) is 6.54 Å². The Morgan fingerprint density at radius 2 is 2.14 bits per heavy atom. The molecule has 2 rings (SSSR count). The van der Waals surface area contributed by atoms with Crippen LogP contribution in [0.2, 0.25) is 0 Å². The number of nitrogens with zero attached hydrogens (tertiary/aromatic N) is 3. The number of ether oxygens (including phenoxy) is 1. The number of hydrogen-bond donors (Lipinski definition) is 0. The van der Waals surface area contributed by atoms with Crippen molar-refractivity contribution >= 4 is 5.78 Å². The maximum absolute atomic E-state index is 12.3. The number of para-hydroxylation sites is 1. The highest BCUT2D eigenvalue weighted by Crippen LogP contribution is 2.21. The molecule has 0 aliphatic heterocycles. The number of rotatable bonds is 7. The minimum atomic E-state index is -2.97. The van der Waals surface area contributed by atoms with E-state index in [1.54, 1.807) is 10.7 Å². The van der Waals surface area contributed by atoms with Crippen molar-refractivity contribution < 1.29 is 18.3 Å². The van der Waals surface area contributed by atoms with Crippen molar-refractivity contribution in [2.24, 2.45) is 0 Å². The van der Waals surface area contributed by atoms with Crippen LogP contribution in [0.3, 0.4) is 0 Å². The third kappa shape index (κ3) is 3.84. The zero-order valence-corrected chi connectivity index (χ0v) is 11.5. The molecule has 7 heteroatoms. The van der Waals surface area contributed by atoms with Crippen LogP contribution < -0.4 is 4.74 Å². The zero-order valence-electron chi connectivity index (χ0n) is 11.5. The first-order chi connectivity index (χ1) is 10.1. The first-order valence-corrected chi connectivity index (χ1v) is 6.55. The third-order valence-corrected chi connectivity index (χ3v) is 2.85. The smallest absolute Gasteiger partial charge is 0.387 e. The first-order valence-electron chi connectivity index (χ1n) is 6.55. The largest absolute Gasteiger partial charge is 0.434 e. The minimum Gasteiger partial charge on any atom is -0.434 e. The van der Waals surface area contributed by atoms with E-state index in [2.05, 4.69) is 14.8 Å². The van der Waals surface area contributed by atoms with Crippen LogP contribution in [0.5, 0.6) is 5.75 Å². The van der Waals surface area contributed by atoms with Gasteiger partial charge in [0.25, 0.3) is 0 Å². The zero-order chi connectivity index (χ0) is 15.2. The van der Waals surface area contributed by atoms with Gasteiger partial charge in [-0.15, -0.1) is 0 Å². The van der Waals surface area contributed by atoms with Crippen LogP contribution in [0.25, 0.3) is 0 Å². The summed E-state index contributed by atoms with van der Waals surface area (Å²) in [6.45, 7) is -0.334. The standard InChI is InChI=1S/C14H15F2N3O2/c1-2-7-19-13(17-9-18-19)8-11(20)10-5-3-4-6-12(10)21-14(15)16/h3-6,9,14H,2,7-8H2,1H3. The Bertz CT molecular complexity index is 614. The van der Waals surface area contributed by atoms with E-state index >= 15 is 0 Å². The van der Waals surface area contributed by atoms with Crippen LogP contribution >= 0.6 is 0 Å². The van der Waals surface area contributed by atoms with E-state index in [0.717, 1.165) is 6.42 Å². The van der Waals surface area contributed by atoms with Crippen LogP contribution in [-0.4, -0.2) is 27.2 Å². The predicted molar refractivity (Wildman–Crippen MR) is 71.4 cm³/mol. The molecule has 5 nitrogen and oxygen atoms in total. The molecule has 0 N–H and O–H groups in total. The van der Waals surface area contributed by atoms with E-state index in [0.29, 0.717) is 12.4 Å². The van der Waals surface area contributed by atoms with E-state index in [1.165, 1.54) is 24.5 Å². The van der Waals surface area contributed by atoms with Gasteiger partial charge in [-0.1, -0.05) is 19.1 Å². The lowest BCUT2D eigenvalue weighted by Crippen LogP contribution is -2.13. The Kier molecular flexibility index (Phi) is 4.97. The van der Waals surface area contributed by atoms with Gasteiger partial charge in [0.1, 0.15) is 17.9 Å². The van der Waals surface area contributed by atoms with Gasteiger partial charge in [0.05, 0.1) is 12.0 Å². The third-order valence-electron chi connectivity index (χ3n) is 2.85. The Labute approximate surface area is 120 Å². The summed E-state index contributed by atoms with van der Waals surface area (Å²) >= 11 is 0. The molecule has 2 aromatic rings. The van der Waals surface area contributed by atoms with Gasteiger partial charge in [0.2, 0.25) is 0 Å². The normalized spacial score (nSPS) is 10.9. The molecule has 0 unspecified atom stereocenters. The SMILES string of the molecule is CCCn1ncnc1CC(=O)c1ccccc1OC(F)F. The van der Waals surface area contributed by atoms with Crippen molar-refractivity contribution in [1.82, 2.24) is 14.8 Å². The number of carbonyl (C=O) groups is 1. The number of alkyl halides is 2. The molecule has 0 spiro atoms. The lowest BCUT2D eigenvalue weighted by atomic mass is 10.1. The summed E-state index contributed by atoms with van der Waals surface area (Å²) < 4.78 is 30.7. The number of hydrogen-bond acceptors (Lipinski definition) is 4. The highest BCUT2D eigenvalue weighted by molar-refractivity contribution is 5.99. The fourth-order valence-electron chi connectivity index (χ4n) is 1.96. The molecule has 0 amide bonds. The van der Waals surface area contributed by atoms with Crippen molar-refractivity contribution in [2.45, 2.75) is 32.9 Å². The summed E-state index contributed by atoms with van der Waals surface area (Å²) in [5.41, 5.74) is 0.115. The predicted octanol–water partition coefficient (Wildman–Crippen LogP) is 2.71.